The number of fused-ring (bicyclic) bond motifs is 1. The molecule has 3 heterocycles. The third-order valence-corrected chi connectivity index (χ3v) is 6.20. The van der Waals surface area contributed by atoms with Crippen LogP contribution in [0.15, 0.2) is 42.7 Å². The number of halogens is 1. The molecule has 1 aromatic carbocycles. The van der Waals surface area contributed by atoms with Crippen molar-refractivity contribution < 1.29 is 9.18 Å². The molecule has 4 rings (SSSR count). The summed E-state index contributed by atoms with van der Waals surface area (Å²) in [6.45, 7) is 10.1. The number of hydrogen-bond donors (Lipinski definition) is 1. The molecule has 0 bridgehead atoms. The molecular weight excluding hydrogens is 417 g/mol. The summed E-state index contributed by atoms with van der Waals surface area (Å²) in [5.41, 5.74) is 7.22. The van der Waals surface area contributed by atoms with E-state index in [4.69, 9.17) is 0 Å². The number of pyridine rings is 1. The van der Waals surface area contributed by atoms with Crippen LogP contribution in [0.1, 0.15) is 46.1 Å². The predicted molar refractivity (Wildman–Crippen MR) is 127 cm³/mol. The second kappa shape index (κ2) is 10.1. The van der Waals surface area contributed by atoms with Crippen molar-refractivity contribution >= 4 is 12.0 Å². The maximum atomic E-state index is 13.7. The molecular formula is C26H30FN5O. The van der Waals surface area contributed by atoms with Gasteiger partial charge in [0.25, 0.3) is 0 Å². The quantitative estimate of drug-likeness (QED) is 0.558. The Morgan fingerprint density at radius 2 is 2.06 bits per heavy atom. The lowest BCUT2D eigenvalue weighted by Crippen LogP contribution is -2.32. The highest BCUT2D eigenvalue weighted by Gasteiger charge is 2.22. The van der Waals surface area contributed by atoms with Crippen LogP contribution in [0.5, 0.6) is 0 Å². The Labute approximate surface area is 194 Å². The molecule has 1 amide bonds. The largest absolute Gasteiger partial charge is 0.348 e. The molecule has 6 nitrogen and oxygen atoms in total. The summed E-state index contributed by atoms with van der Waals surface area (Å²) in [6.07, 6.45) is 7.88. The van der Waals surface area contributed by atoms with Gasteiger partial charge in [0.05, 0.1) is 5.69 Å². The second-order valence-electron chi connectivity index (χ2n) is 8.45. The molecule has 1 aliphatic rings. The highest BCUT2D eigenvalue weighted by atomic mass is 19.1. The van der Waals surface area contributed by atoms with E-state index >= 15 is 0 Å². The molecule has 0 saturated carbocycles. The normalized spacial score (nSPS) is 13.9. The van der Waals surface area contributed by atoms with E-state index in [0.717, 1.165) is 49.6 Å². The molecule has 0 fully saturated rings. The summed E-state index contributed by atoms with van der Waals surface area (Å²) in [4.78, 5) is 19.3. The van der Waals surface area contributed by atoms with E-state index in [1.165, 1.54) is 34.9 Å². The molecule has 33 heavy (non-hydrogen) atoms. The van der Waals surface area contributed by atoms with Crippen LogP contribution in [0.2, 0.25) is 0 Å². The molecule has 0 spiro atoms. The summed E-state index contributed by atoms with van der Waals surface area (Å²) >= 11 is 0. The van der Waals surface area contributed by atoms with Gasteiger partial charge in [-0.1, -0.05) is 18.2 Å². The van der Waals surface area contributed by atoms with Crippen molar-refractivity contribution in [3.05, 3.63) is 87.8 Å². The van der Waals surface area contributed by atoms with Gasteiger partial charge in [-0.15, -0.1) is 0 Å². The van der Waals surface area contributed by atoms with Gasteiger partial charge >= 0.3 is 0 Å². The zero-order chi connectivity index (χ0) is 23.4. The predicted octanol–water partition coefficient (Wildman–Crippen LogP) is 3.94. The van der Waals surface area contributed by atoms with Crippen LogP contribution in [0, 0.1) is 19.7 Å². The molecule has 3 aromatic rings. The summed E-state index contributed by atoms with van der Waals surface area (Å²) < 4.78 is 15.7. The van der Waals surface area contributed by atoms with Gasteiger partial charge in [0, 0.05) is 68.0 Å². The topological polar surface area (TPSA) is 63.1 Å². The van der Waals surface area contributed by atoms with Crippen LogP contribution in [-0.4, -0.2) is 32.1 Å². The number of benzene rings is 1. The Bertz CT molecular complexity index is 1180. The molecule has 7 heteroatoms. The molecule has 0 radical (unpaired) electrons. The average molecular weight is 448 g/mol. The number of amides is 1. The van der Waals surface area contributed by atoms with Gasteiger partial charge in [0.15, 0.2) is 0 Å². The molecule has 0 aliphatic carbocycles. The number of carbonyl (C=O) groups is 1. The van der Waals surface area contributed by atoms with E-state index in [9.17, 15) is 9.18 Å². The maximum Gasteiger partial charge on any atom is 0.244 e. The summed E-state index contributed by atoms with van der Waals surface area (Å²) in [6, 6.07) is 6.39. The Kier molecular flexibility index (Phi) is 6.99. The Balaban J connectivity index is 1.41. The minimum absolute atomic E-state index is 0.254. The molecule has 1 N–H and O–H groups in total. The maximum absolute atomic E-state index is 13.7. The van der Waals surface area contributed by atoms with Crippen LogP contribution in [0.4, 0.5) is 4.39 Å². The summed E-state index contributed by atoms with van der Waals surface area (Å²) in [5, 5.41) is 7.49. The lowest BCUT2D eigenvalue weighted by molar-refractivity contribution is -0.116. The Hall–Kier alpha value is -3.32. The van der Waals surface area contributed by atoms with Gasteiger partial charge < -0.3 is 5.32 Å². The van der Waals surface area contributed by atoms with Crippen molar-refractivity contribution in [2.24, 2.45) is 0 Å². The van der Waals surface area contributed by atoms with E-state index in [2.05, 4.69) is 40.3 Å². The number of rotatable bonds is 7. The van der Waals surface area contributed by atoms with Crippen LogP contribution < -0.4 is 5.32 Å². The third kappa shape index (κ3) is 5.37. The Morgan fingerprint density at radius 3 is 2.82 bits per heavy atom. The van der Waals surface area contributed by atoms with E-state index in [1.54, 1.807) is 18.2 Å². The van der Waals surface area contributed by atoms with E-state index in [1.807, 2.05) is 17.8 Å². The van der Waals surface area contributed by atoms with Crippen LogP contribution in [-0.2, 0) is 37.4 Å². The fourth-order valence-electron chi connectivity index (χ4n) is 4.28. The first kappa shape index (κ1) is 22.9. The smallest absolute Gasteiger partial charge is 0.244 e. The van der Waals surface area contributed by atoms with E-state index in [-0.39, 0.29) is 11.7 Å². The minimum Gasteiger partial charge on any atom is -0.348 e. The van der Waals surface area contributed by atoms with Crippen molar-refractivity contribution in [2.45, 2.75) is 53.4 Å². The minimum atomic E-state index is -0.347. The molecule has 0 unspecified atom stereocenters. The Morgan fingerprint density at radius 1 is 1.24 bits per heavy atom. The fraction of sp³-hybridized carbons (Fsp3) is 0.346. The number of carbonyl (C=O) groups excluding carboxylic acids is 1. The summed E-state index contributed by atoms with van der Waals surface area (Å²) in [5.74, 6) is -0.600. The van der Waals surface area contributed by atoms with Crippen molar-refractivity contribution in [3.63, 3.8) is 0 Å². The first-order valence-electron chi connectivity index (χ1n) is 11.4. The first-order chi connectivity index (χ1) is 15.9. The molecule has 1 aliphatic heterocycles. The molecule has 0 atom stereocenters. The van der Waals surface area contributed by atoms with Crippen LogP contribution in [0.25, 0.3) is 6.08 Å². The molecule has 172 valence electrons. The molecule has 0 saturated heterocycles. The van der Waals surface area contributed by atoms with Gasteiger partial charge in [-0.25, -0.2) is 4.39 Å². The first-order valence-corrected chi connectivity index (χ1v) is 11.4. The fourth-order valence-corrected chi connectivity index (χ4v) is 4.28. The highest BCUT2D eigenvalue weighted by Crippen LogP contribution is 2.25. The van der Waals surface area contributed by atoms with Crippen molar-refractivity contribution in [2.75, 3.05) is 6.54 Å². The monoisotopic (exact) mass is 447 g/mol. The number of aromatic nitrogens is 3. The van der Waals surface area contributed by atoms with E-state index in [0.29, 0.717) is 12.1 Å². The van der Waals surface area contributed by atoms with Crippen molar-refractivity contribution in [1.29, 1.82) is 0 Å². The standard InChI is InChI=1S/C26H30FN5O/c1-4-32-17-22(18(2)30-32)16-31-12-11-23-21(15-31)13-28-19(3)24(23)14-29-26(33)10-9-20-7-5-6-8-25(20)27/h5-10,13,17H,4,11-12,14-16H2,1-3H3,(H,29,33)/b10-9+. The van der Waals surface area contributed by atoms with Crippen LogP contribution >= 0.6 is 0 Å². The lowest BCUT2D eigenvalue weighted by Gasteiger charge is -2.30. The number of aryl methyl sites for hydroxylation is 3. The van der Waals surface area contributed by atoms with Crippen LogP contribution in [0.3, 0.4) is 0 Å². The van der Waals surface area contributed by atoms with Gasteiger partial charge in [-0.05, 0) is 56.0 Å². The van der Waals surface area contributed by atoms with Gasteiger partial charge in [0.1, 0.15) is 5.82 Å². The molecule has 2 aromatic heterocycles. The SMILES string of the molecule is CCn1cc(CN2CCc3c(cnc(C)c3CNC(=O)/C=C/c3ccccc3F)C2)c(C)n1. The zero-order valence-electron chi connectivity index (χ0n) is 19.4. The third-order valence-electron chi connectivity index (χ3n) is 6.20. The van der Waals surface area contributed by atoms with Gasteiger partial charge in [-0.3, -0.25) is 19.4 Å². The lowest BCUT2D eigenvalue weighted by atomic mass is 9.94. The van der Waals surface area contributed by atoms with Crippen molar-refractivity contribution in [1.82, 2.24) is 25.0 Å². The number of hydrogen-bond acceptors (Lipinski definition) is 4. The second-order valence-corrected chi connectivity index (χ2v) is 8.45. The highest BCUT2D eigenvalue weighted by molar-refractivity contribution is 5.91. The zero-order valence-corrected chi connectivity index (χ0v) is 19.4. The summed E-state index contributed by atoms with van der Waals surface area (Å²) in [7, 11) is 0. The van der Waals surface area contributed by atoms with E-state index < -0.39 is 0 Å². The van der Waals surface area contributed by atoms with Gasteiger partial charge in [-0.2, -0.15) is 5.10 Å². The number of nitrogens with zero attached hydrogens (tertiary/aromatic N) is 4. The average Bonchev–Trinajstić information content (AvgIpc) is 3.17. The van der Waals surface area contributed by atoms with Crippen molar-refractivity contribution in [3.8, 4) is 0 Å². The number of nitrogens with one attached hydrogen (secondary N) is 1. The van der Waals surface area contributed by atoms with Gasteiger partial charge in [0.2, 0.25) is 5.91 Å².